The molecular formula is C11H12F2O3S. The first-order chi connectivity index (χ1) is 7.80. The normalized spacial score (nSPS) is 19.9. The standard InChI is InChI=1S/C11H12F2O3S/c1-8-4-2-3-5-10(8)17(14,15)16-9-6-11(12,13)7-9/h2-5,9H,6-7H2,1H3. The Morgan fingerprint density at radius 3 is 2.41 bits per heavy atom. The first-order valence-corrected chi connectivity index (χ1v) is 6.58. The van der Waals surface area contributed by atoms with Crippen LogP contribution in [0.25, 0.3) is 0 Å². The fourth-order valence-electron chi connectivity index (χ4n) is 1.74. The molecule has 0 atom stereocenters. The van der Waals surface area contributed by atoms with Gasteiger partial charge >= 0.3 is 0 Å². The summed E-state index contributed by atoms with van der Waals surface area (Å²) < 4.78 is 53.5. The molecule has 1 aromatic rings. The predicted molar refractivity (Wildman–Crippen MR) is 57.4 cm³/mol. The number of halogens is 2. The second-order valence-corrected chi connectivity index (χ2v) is 5.74. The molecule has 1 saturated carbocycles. The van der Waals surface area contributed by atoms with Crippen molar-refractivity contribution < 1.29 is 21.4 Å². The maximum Gasteiger partial charge on any atom is 0.297 e. The van der Waals surface area contributed by atoms with Gasteiger partial charge in [-0.05, 0) is 18.6 Å². The van der Waals surface area contributed by atoms with Crippen molar-refractivity contribution in [2.45, 2.75) is 36.7 Å². The molecular weight excluding hydrogens is 250 g/mol. The Morgan fingerprint density at radius 2 is 1.88 bits per heavy atom. The van der Waals surface area contributed by atoms with Crippen LogP contribution in [0.1, 0.15) is 18.4 Å². The van der Waals surface area contributed by atoms with Gasteiger partial charge in [-0.3, -0.25) is 4.18 Å². The second kappa shape index (κ2) is 4.03. The van der Waals surface area contributed by atoms with Gasteiger partial charge in [0.25, 0.3) is 16.0 Å². The summed E-state index contributed by atoms with van der Waals surface area (Å²) in [5.74, 6) is -2.79. The second-order valence-electron chi connectivity index (χ2n) is 4.20. The van der Waals surface area contributed by atoms with Gasteiger partial charge in [0.2, 0.25) is 0 Å². The van der Waals surface area contributed by atoms with Crippen LogP contribution in [0, 0.1) is 6.92 Å². The van der Waals surface area contributed by atoms with E-state index in [2.05, 4.69) is 0 Å². The van der Waals surface area contributed by atoms with Crippen molar-refractivity contribution in [3.05, 3.63) is 29.8 Å². The fourth-order valence-corrected chi connectivity index (χ4v) is 3.05. The zero-order valence-electron chi connectivity index (χ0n) is 9.19. The number of rotatable bonds is 3. The van der Waals surface area contributed by atoms with Crippen molar-refractivity contribution in [2.75, 3.05) is 0 Å². The molecule has 0 aromatic heterocycles. The molecule has 1 aliphatic rings. The minimum Gasteiger partial charge on any atom is -0.263 e. The SMILES string of the molecule is Cc1ccccc1S(=O)(=O)OC1CC(F)(F)C1. The molecule has 0 saturated heterocycles. The average Bonchev–Trinajstić information content (AvgIpc) is 2.14. The smallest absolute Gasteiger partial charge is 0.263 e. The molecule has 3 nitrogen and oxygen atoms in total. The average molecular weight is 262 g/mol. The van der Waals surface area contributed by atoms with Crippen molar-refractivity contribution in [3.8, 4) is 0 Å². The first-order valence-electron chi connectivity index (χ1n) is 5.17. The van der Waals surface area contributed by atoms with Gasteiger partial charge in [0.1, 0.15) is 0 Å². The lowest BCUT2D eigenvalue weighted by Crippen LogP contribution is -2.42. The topological polar surface area (TPSA) is 43.4 Å². The largest absolute Gasteiger partial charge is 0.297 e. The van der Waals surface area contributed by atoms with Crippen molar-refractivity contribution in [1.82, 2.24) is 0 Å². The molecule has 1 aromatic carbocycles. The Bertz CT molecular complexity index is 517. The Kier molecular flexibility index (Phi) is 2.95. The molecule has 1 aliphatic carbocycles. The quantitative estimate of drug-likeness (QED) is 0.786. The highest BCUT2D eigenvalue weighted by Gasteiger charge is 2.48. The number of aryl methyl sites for hydroxylation is 1. The summed E-state index contributed by atoms with van der Waals surface area (Å²) >= 11 is 0. The molecule has 0 bridgehead atoms. The van der Waals surface area contributed by atoms with Gasteiger partial charge < -0.3 is 0 Å². The van der Waals surface area contributed by atoms with E-state index < -0.39 is 35.0 Å². The Morgan fingerprint density at radius 1 is 1.29 bits per heavy atom. The summed E-state index contributed by atoms with van der Waals surface area (Å²) in [4.78, 5) is 0.0372. The van der Waals surface area contributed by atoms with Crippen LogP contribution in [0.5, 0.6) is 0 Å². The summed E-state index contributed by atoms with van der Waals surface area (Å²) in [6.45, 7) is 1.63. The Balaban J connectivity index is 2.13. The van der Waals surface area contributed by atoms with E-state index in [-0.39, 0.29) is 4.90 Å². The van der Waals surface area contributed by atoms with E-state index in [1.54, 1.807) is 25.1 Å². The van der Waals surface area contributed by atoms with Crippen molar-refractivity contribution in [3.63, 3.8) is 0 Å². The van der Waals surface area contributed by atoms with Crippen LogP contribution in [0.15, 0.2) is 29.2 Å². The van der Waals surface area contributed by atoms with Crippen LogP contribution in [0.2, 0.25) is 0 Å². The zero-order valence-corrected chi connectivity index (χ0v) is 10.0. The highest BCUT2D eigenvalue weighted by molar-refractivity contribution is 7.86. The van der Waals surface area contributed by atoms with E-state index in [1.807, 2.05) is 0 Å². The van der Waals surface area contributed by atoms with Crippen LogP contribution in [-0.4, -0.2) is 20.4 Å². The van der Waals surface area contributed by atoms with Gasteiger partial charge in [-0.25, -0.2) is 8.78 Å². The maximum absolute atomic E-state index is 12.6. The Labute approximate surface area is 98.5 Å². The van der Waals surface area contributed by atoms with E-state index >= 15 is 0 Å². The minimum absolute atomic E-state index is 0.0372. The van der Waals surface area contributed by atoms with Gasteiger partial charge in [-0.15, -0.1) is 0 Å². The van der Waals surface area contributed by atoms with E-state index in [1.165, 1.54) is 6.07 Å². The highest BCUT2D eigenvalue weighted by Crippen LogP contribution is 2.40. The molecule has 0 N–H and O–H groups in total. The number of hydrogen-bond donors (Lipinski definition) is 0. The molecule has 1 fully saturated rings. The summed E-state index contributed by atoms with van der Waals surface area (Å²) in [5.41, 5.74) is 0.540. The number of benzene rings is 1. The molecule has 0 heterocycles. The lowest BCUT2D eigenvalue weighted by atomic mass is 9.91. The number of alkyl halides is 2. The molecule has 6 heteroatoms. The summed E-state index contributed by atoms with van der Waals surface area (Å²) in [6, 6.07) is 6.30. The number of hydrogen-bond acceptors (Lipinski definition) is 3. The highest BCUT2D eigenvalue weighted by atomic mass is 32.2. The van der Waals surface area contributed by atoms with Crippen molar-refractivity contribution in [2.24, 2.45) is 0 Å². The lowest BCUT2D eigenvalue weighted by molar-refractivity contribution is -0.132. The van der Waals surface area contributed by atoms with Gasteiger partial charge in [0, 0.05) is 12.8 Å². The summed E-state index contributed by atoms with van der Waals surface area (Å²) in [7, 11) is -3.93. The molecule has 2 rings (SSSR count). The molecule has 0 unspecified atom stereocenters. The maximum atomic E-state index is 12.6. The summed E-state index contributed by atoms with van der Waals surface area (Å²) in [5, 5.41) is 0. The fraction of sp³-hybridized carbons (Fsp3) is 0.455. The monoisotopic (exact) mass is 262 g/mol. The molecule has 94 valence electrons. The van der Waals surface area contributed by atoms with Crippen LogP contribution in [0.3, 0.4) is 0 Å². The van der Waals surface area contributed by atoms with Crippen molar-refractivity contribution in [1.29, 1.82) is 0 Å². The zero-order chi connectivity index (χ0) is 12.7. The first kappa shape index (κ1) is 12.4. The molecule has 0 aliphatic heterocycles. The third-order valence-corrected chi connectivity index (χ3v) is 4.20. The van der Waals surface area contributed by atoms with Crippen molar-refractivity contribution >= 4 is 10.1 Å². The molecule has 0 radical (unpaired) electrons. The predicted octanol–water partition coefficient (Wildman–Crippen LogP) is 2.50. The molecule has 17 heavy (non-hydrogen) atoms. The van der Waals surface area contributed by atoms with Gasteiger partial charge in [-0.2, -0.15) is 8.42 Å². The van der Waals surface area contributed by atoms with Gasteiger partial charge in [0.05, 0.1) is 11.0 Å². The lowest BCUT2D eigenvalue weighted by Gasteiger charge is -2.33. The van der Waals surface area contributed by atoms with Crippen LogP contribution in [0.4, 0.5) is 8.78 Å². The minimum atomic E-state index is -3.93. The Hall–Kier alpha value is -1.01. The third-order valence-electron chi connectivity index (χ3n) is 2.68. The van der Waals surface area contributed by atoms with Gasteiger partial charge in [-0.1, -0.05) is 18.2 Å². The van der Waals surface area contributed by atoms with E-state index in [0.29, 0.717) is 5.56 Å². The van der Waals surface area contributed by atoms with Crippen LogP contribution < -0.4 is 0 Å². The molecule has 0 amide bonds. The summed E-state index contributed by atoms with van der Waals surface area (Å²) in [6.07, 6.45) is -1.97. The third kappa shape index (κ3) is 2.63. The van der Waals surface area contributed by atoms with E-state index in [0.717, 1.165) is 0 Å². The van der Waals surface area contributed by atoms with E-state index in [4.69, 9.17) is 4.18 Å². The molecule has 0 spiro atoms. The van der Waals surface area contributed by atoms with Crippen LogP contribution >= 0.6 is 0 Å². The van der Waals surface area contributed by atoms with Crippen LogP contribution in [-0.2, 0) is 14.3 Å². The van der Waals surface area contributed by atoms with Gasteiger partial charge in [0.15, 0.2) is 0 Å². The van der Waals surface area contributed by atoms with E-state index in [9.17, 15) is 17.2 Å².